The maximum Gasteiger partial charge on any atom is 0.240 e. The normalized spacial score (nSPS) is 19.6. The summed E-state index contributed by atoms with van der Waals surface area (Å²) in [5.41, 5.74) is 5.68. The van der Waals surface area contributed by atoms with Crippen LogP contribution in [0.25, 0.3) is 11.3 Å². The van der Waals surface area contributed by atoms with Crippen molar-refractivity contribution in [1.29, 1.82) is 0 Å². The molecule has 0 saturated carbocycles. The molecule has 4 rings (SSSR count). The third-order valence-corrected chi connectivity index (χ3v) is 7.29. The van der Waals surface area contributed by atoms with E-state index in [-0.39, 0.29) is 24.4 Å². The van der Waals surface area contributed by atoms with E-state index in [9.17, 15) is 9.59 Å². The summed E-state index contributed by atoms with van der Waals surface area (Å²) in [4.78, 5) is 34.4. The number of hydrogen-bond acceptors (Lipinski definition) is 5. The Balaban J connectivity index is 1.40. The fourth-order valence-corrected chi connectivity index (χ4v) is 5.37. The van der Waals surface area contributed by atoms with E-state index in [4.69, 9.17) is 0 Å². The maximum atomic E-state index is 12.9. The second-order valence-corrected chi connectivity index (χ2v) is 9.71. The number of hydrogen-bond donors (Lipinski definition) is 1. The minimum absolute atomic E-state index is 0.0983. The number of carbonyl (C=O) groups excluding carboxylic acids is 2. The van der Waals surface area contributed by atoms with Gasteiger partial charge in [0.05, 0.1) is 18.3 Å². The SMILES string of the molecule is Cc1cc(C)c(-c2csc(NC(=O)CN3CCCCC3C(=O)N3CCCC3)n2)cc1C. The first kappa shape index (κ1) is 22.0. The molecule has 2 aliphatic rings. The van der Waals surface area contributed by atoms with Crippen LogP contribution < -0.4 is 5.32 Å². The molecule has 1 unspecified atom stereocenters. The van der Waals surface area contributed by atoms with Gasteiger partial charge in [0.25, 0.3) is 0 Å². The van der Waals surface area contributed by atoms with Crippen molar-refractivity contribution in [3.63, 3.8) is 0 Å². The van der Waals surface area contributed by atoms with Crippen molar-refractivity contribution in [2.75, 3.05) is 31.5 Å². The lowest BCUT2D eigenvalue weighted by Gasteiger charge is -2.36. The average molecular weight is 441 g/mol. The highest BCUT2D eigenvalue weighted by Crippen LogP contribution is 2.29. The van der Waals surface area contributed by atoms with Crippen LogP contribution in [0.1, 0.15) is 48.8 Å². The summed E-state index contributed by atoms with van der Waals surface area (Å²) in [6, 6.07) is 4.17. The van der Waals surface area contributed by atoms with Crippen LogP contribution in [0.4, 0.5) is 5.13 Å². The van der Waals surface area contributed by atoms with Crippen LogP contribution in [-0.4, -0.2) is 58.8 Å². The molecule has 166 valence electrons. The molecular weight excluding hydrogens is 408 g/mol. The van der Waals surface area contributed by atoms with Gasteiger partial charge in [-0.25, -0.2) is 4.98 Å². The number of likely N-dealkylation sites (tertiary alicyclic amines) is 2. The number of aryl methyl sites for hydroxylation is 3. The zero-order valence-electron chi connectivity index (χ0n) is 18.7. The summed E-state index contributed by atoms with van der Waals surface area (Å²) >= 11 is 1.44. The Hall–Kier alpha value is -2.25. The number of carbonyl (C=O) groups is 2. The molecule has 7 heteroatoms. The summed E-state index contributed by atoms with van der Waals surface area (Å²) < 4.78 is 0. The monoisotopic (exact) mass is 440 g/mol. The van der Waals surface area contributed by atoms with E-state index in [0.29, 0.717) is 5.13 Å². The molecule has 1 aromatic carbocycles. The second-order valence-electron chi connectivity index (χ2n) is 8.85. The Morgan fingerprint density at radius 2 is 1.74 bits per heavy atom. The number of piperidine rings is 1. The molecule has 0 spiro atoms. The molecule has 1 atom stereocenters. The summed E-state index contributed by atoms with van der Waals surface area (Å²) in [5, 5.41) is 5.56. The Morgan fingerprint density at radius 1 is 1.03 bits per heavy atom. The van der Waals surface area contributed by atoms with Crippen LogP contribution in [0.5, 0.6) is 0 Å². The molecule has 2 fully saturated rings. The minimum atomic E-state index is -0.164. The fraction of sp³-hybridized carbons (Fsp3) is 0.542. The summed E-state index contributed by atoms with van der Waals surface area (Å²) in [5.74, 6) is 0.102. The molecule has 3 heterocycles. The summed E-state index contributed by atoms with van der Waals surface area (Å²) in [7, 11) is 0. The first-order valence-corrected chi connectivity index (χ1v) is 12.2. The highest BCUT2D eigenvalue weighted by atomic mass is 32.1. The zero-order chi connectivity index (χ0) is 22.0. The van der Waals surface area contributed by atoms with Crippen molar-refractivity contribution in [3.8, 4) is 11.3 Å². The number of rotatable bonds is 5. The van der Waals surface area contributed by atoms with Crippen molar-refractivity contribution in [2.24, 2.45) is 0 Å². The van der Waals surface area contributed by atoms with Crippen LogP contribution in [0.15, 0.2) is 17.5 Å². The molecule has 1 aromatic heterocycles. The van der Waals surface area contributed by atoms with E-state index < -0.39 is 0 Å². The van der Waals surface area contributed by atoms with Crippen LogP contribution in [0.2, 0.25) is 0 Å². The van der Waals surface area contributed by atoms with E-state index in [2.05, 4.69) is 48.1 Å². The molecule has 2 saturated heterocycles. The highest BCUT2D eigenvalue weighted by molar-refractivity contribution is 7.14. The van der Waals surface area contributed by atoms with E-state index in [1.807, 2.05) is 10.3 Å². The van der Waals surface area contributed by atoms with Gasteiger partial charge in [-0.05, 0) is 75.8 Å². The lowest BCUT2D eigenvalue weighted by Crippen LogP contribution is -2.52. The standard InChI is InChI=1S/C24H32N4O2S/c1-16-12-18(3)19(13-17(16)2)20-15-31-24(25-20)26-22(29)14-28-11-5-4-8-21(28)23(30)27-9-6-7-10-27/h12-13,15,21H,4-11,14H2,1-3H3,(H,25,26,29). The third kappa shape index (κ3) is 4.99. The molecule has 31 heavy (non-hydrogen) atoms. The lowest BCUT2D eigenvalue weighted by molar-refractivity contribution is -0.137. The average Bonchev–Trinajstić information content (AvgIpc) is 3.43. The highest BCUT2D eigenvalue weighted by Gasteiger charge is 2.33. The smallest absolute Gasteiger partial charge is 0.240 e. The van der Waals surface area contributed by atoms with E-state index in [0.717, 1.165) is 63.0 Å². The predicted molar refractivity (Wildman–Crippen MR) is 125 cm³/mol. The molecule has 2 aliphatic heterocycles. The number of nitrogens with zero attached hydrogens (tertiary/aromatic N) is 3. The lowest BCUT2D eigenvalue weighted by atomic mass is 9.99. The van der Waals surface area contributed by atoms with E-state index in [1.54, 1.807) is 0 Å². The van der Waals surface area contributed by atoms with Gasteiger partial charge >= 0.3 is 0 Å². The molecule has 0 bridgehead atoms. The van der Waals surface area contributed by atoms with Gasteiger partial charge in [0.1, 0.15) is 0 Å². The first-order chi connectivity index (χ1) is 14.9. The molecule has 2 amide bonds. The summed E-state index contributed by atoms with van der Waals surface area (Å²) in [6.45, 7) is 9.05. The molecule has 0 aliphatic carbocycles. The van der Waals surface area contributed by atoms with Gasteiger partial charge in [-0.2, -0.15) is 0 Å². The van der Waals surface area contributed by atoms with Crippen LogP contribution in [0.3, 0.4) is 0 Å². The van der Waals surface area contributed by atoms with Gasteiger partial charge in [-0.1, -0.05) is 12.5 Å². The van der Waals surface area contributed by atoms with Crippen LogP contribution in [0, 0.1) is 20.8 Å². The van der Waals surface area contributed by atoms with Crippen LogP contribution >= 0.6 is 11.3 Å². The molecular formula is C24H32N4O2S. The molecule has 0 radical (unpaired) electrons. The van der Waals surface area contributed by atoms with Gasteiger partial charge in [0.15, 0.2) is 5.13 Å². The third-order valence-electron chi connectivity index (χ3n) is 6.53. The van der Waals surface area contributed by atoms with Crippen LogP contribution in [-0.2, 0) is 9.59 Å². The predicted octanol–water partition coefficient (Wildman–Crippen LogP) is 4.15. The Kier molecular flexibility index (Phi) is 6.72. The van der Waals surface area contributed by atoms with Gasteiger partial charge in [0.2, 0.25) is 11.8 Å². The van der Waals surface area contributed by atoms with Gasteiger partial charge < -0.3 is 10.2 Å². The quantitative estimate of drug-likeness (QED) is 0.759. The second kappa shape index (κ2) is 9.49. The van der Waals surface area contributed by atoms with E-state index >= 15 is 0 Å². The number of benzene rings is 1. The van der Waals surface area contributed by atoms with Crippen molar-refractivity contribution in [3.05, 3.63) is 34.2 Å². The number of nitrogens with one attached hydrogen (secondary N) is 1. The molecule has 1 N–H and O–H groups in total. The van der Waals surface area contributed by atoms with Crippen molar-refractivity contribution in [2.45, 2.75) is 58.9 Å². The van der Waals surface area contributed by atoms with Gasteiger partial charge in [-0.15, -0.1) is 11.3 Å². The Morgan fingerprint density at radius 3 is 2.52 bits per heavy atom. The zero-order valence-corrected chi connectivity index (χ0v) is 19.6. The van der Waals surface area contributed by atoms with Crippen molar-refractivity contribution < 1.29 is 9.59 Å². The minimum Gasteiger partial charge on any atom is -0.341 e. The topological polar surface area (TPSA) is 65.5 Å². The Bertz CT molecular complexity index is 964. The number of aromatic nitrogens is 1. The fourth-order valence-electron chi connectivity index (χ4n) is 4.64. The molecule has 2 aromatic rings. The van der Waals surface area contributed by atoms with Crippen molar-refractivity contribution in [1.82, 2.24) is 14.8 Å². The first-order valence-electron chi connectivity index (χ1n) is 11.3. The largest absolute Gasteiger partial charge is 0.341 e. The number of anilines is 1. The Labute approximate surface area is 188 Å². The summed E-state index contributed by atoms with van der Waals surface area (Å²) in [6.07, 6.45) is 5.10. The van der Waals surface area contributed by atoms with Gasteiger partial charge in [0, 0.05) is 24.0 Å². The molecule has 6 nitrogen and oxygen atoms in total. The van der Waals surface area contributed by atoms with Gasteiger partial charge in [-0.3, -0.25) is 14.5 Å². The van der Waals surface area contributed by atoms with E-state index in [1.165, 1.54) is 28.0 Å². The maximum absolute atomic E-state index is 12.9. The number of thiazole rings is 1. The van der Waals surface area contributed by atoms with Crippen molar-refractivity contribution >= 4 is 28.3 Å². The number of amides is 2.